The van der Waals surface area contributed by atoms with Gasteiger partial charge >= 0.3 is 6.03 Å². The van der Waals surface area contributed by atoms with E-state index in [0.29, 0.717) is 17.3 Å². The molecule has 0 unspecified atom stereocenters. The van der Waals surface area contributed by atoms with E-state index in [1.54, 1.807) is 30.6 Å². The zero-order valence-corrected chi connectivity index (χ0v) is 14.0. The van der Waals surface area contributed by atoms with Gasteiger partial charge in [-0.15, -0.1) is 0 Å². The summed E-state index contributed by atoms with van der Waals surface area (Å²) in [6.45, 7) is 0.458. The van der Waals surface area contributed by atoms with Crippen molar-refractivity contribution in [3.05, 3.63) is 59.9 Å². The van der Waals surface area contributed by atoms with Crippen molar-refractivity contribution in [2.45, 2.75) is 13.0 Å². The van der Waals surface area contributed by atoms with Crippen LogP contribution in [0.3, 0.4) is 0 Å². The number of halogens is 1. The van der Waals surface area contributed by atoms with Gasteiger partial charge < -0.3 is 9.88 Å². The zero-order valence-electron chi connectivity index (χ0n) is 13.2. The van der Waals surface area contributed by atoms with Crippen molar-refractivity contribution in [2.24, 2.45) is 0 Å². The summed E-state index contributed by atoms with van der Waals surface area (Å²) >= 11 is 5.95. The number of hydrazine groups is 1. The summed E-state index contributed by atoms with van der Waals surface area (Å²) in [5, 5.41) is 2.96. The Morgan fingerprint density at radius 2 is 1.80 bits per heavy atom. The normalized spacial score (nSPS) is 10.4. The molecule has 0 spiro atoms. The molecular formula is C17H16ClN5O2. The monoisotopic (exact) mass is 357 g/mol. The van der Waals surface area contributed by atoms with E-state index in [4.69, 9.17) is 11.6 Å². The fraction of sp³-hybridized carbons (Fsp3) is 0.118. The molecule has 128 valence electrons. The molecule has 3 amide bonds. The first kappa shape index (κ1) is 16.8. The highest BCUT2D eigenvalue weighted by Crippen LogP contribution is 2.19. The van der Waals surface area contributed by atoms with Crippen molar-refractivity contribution in [1.82, 2.24) is 20.4 Å². The summed E-state index contributed by atoms with van der Waals surface area (Å²) in [6, 6.07) is 13.9. The molecule has 8 heteroatoms. The largest absolute Gasteiger partial charge is 0.337 e. The molecule has 1 heterocycles. The van der Waals surface area contributed by atoms with E-state index in [1.165, 1.54) is 0 Å². The number of anilines is 1. The quantitative estimate of drug-likeness (QED) is 0.627. The number of nitrogens with one attached hydrogen (secondary N) is 3. The van der Waals surface area contributed by atoms with Gasteiger partial charge in [0, 0.05) is 13.0 Å². The minimum absolute atomic E-state index is 0.201. The molecule has 0 aliphatic carbocycles. The Balaban J connectivity index is 1.46. The van der Waals surface area contributed by atoms with Crippen LogP contribution < -0.4 is 16.2 Å². The van der Waals surface area contributed by atoms with Crippen LogP contribution in [0.15, 0.2) is 54.9 Å². The molecule has 0 saturated carbocycles. The molecule has 3 N–H and O–H groups in total. The summed E-state index contributed by atoms with van der Waals surface area (Å²) in [7, 11) is 0. The van der Waals surface area contributed by atoms with E-state index < -0.39 is 6.03 Å². The third kappa shape index (κ3) is 4.27. The molecule has 2 aromatic carbocycles. The standard InChI is InChI=1S/C17H16ClN5O2/c18-12-5-1-2-6-13(12)20-17(25)22-21-16(24)9-10-23-11-19-14-7-3-4-8-15(14)23/h1-8,11H,9-10H2,(H,21,24)(H2,20,22,25). The maximum Gasteiger partial charge on any atom is 0.337 e. The highest BCUT2D eigenvalue weighted by Gasteiger charge is 2.08. The Morgan fingerprint density at radius 1 is 1.04 bits per heavy atom. The molecule has 0 aliphatic rings. The number of rotatable bonds is 4. The summed E-state index contributed by atoms with van der Waals surface area (Å²) in [5.74, 6) is -0.313. The van der Waals surface area contributed by atoms with Gasteiger partial charge in [-0.3, -0.25) is 10.2 Å². The van der Waals surface area contributed by atoms with Gasteiger partial charge in [-0.1, -0.05) is 35.9 Å². The first-order valence-electron chi connectivity index (χ1n) is 7.64. The van der Waals surface area contributed by atoms with Crippen LogP contribution in [0.5, 0.6) is 0 Å². The molecule has 25 heavy (non-hydrogen) atoms. The van der Waals surface area contributed by atoms with Crippen molar-refractivity contribution < 1.29 is 9.59 Å². The van der Waals surface area contributed by atoms with Gasteiger partial charge in [0.15, 0.2) is 0 Å². The van der Waals surface area contributed by atoms with E-state index in [2.05, 4.69) is 21.2 Å². The first-order valence-corrected chi connectivity index (χ1v) is 8.01. The Morgan fingerprint density at radius 3 is 2.64 bits per heavy atom. The molecule has 7 nitrogen and oxygen atoms in total. The Kier molecular flexibility index (Phi) is 5.15. The average molecular weight is 358 g/mol. The predicted molar refractivity (Wildman–Crippen MR) is 96.1 cm³/mol. The van der Waals surface area contributed by atoms with E-state index in [1.807, 2.05) is 28.8 Å². The topological polar surface area (TPSA) is 88.1 Å². The number of hydrogen-bond donors (Lipinski definition) is 3. The van der Waals surface area contributed by atoms with Crippen LogP contribution in [0, 0.1) is 0 Å². The number of urea groups is 1. The summed E-state index contributed by atoms with van der Waals surface area (Å²) in [5.41, 5.74) is 6.94. The van der Waals surface area contributed by atoms with Crippen molar-refractivity contribution in [1.29, 1.82) is 0 Å². The highest BCUT2D eigenvalue weighted by atomic mass is 35.5. The maximum absolute atomic E-state index is 11.9. The number of nitrogens with zero attached hydrogens (tertiary/aromatic N) is 2. The lowest BCUT2D eigenvalue weighted by molar-refractivity contribution is -0.121. The SMILES string of the molecule is O=C(CCn1cnc2ccccc21)NNC(=O)Nc1ccccc1Cl. The lowest BCUT2D eigenvalue weighted by Gasteiger charge is -2.10. The van der Waals surface area contributed by atoms with E-state index in [0.717, 1.165) is 11.0 Å². The van der Waals surface area contributed by atoms with Crippen LogP contribution in [0.25, 0.3) is 11.0 Å². The van der Waals surface area contributed by atoms with Crippen LogP contribution in [0.2, 0.25) is 5.02 Å². The second-order valence-electron chi connectivity index (χ2n) is 5.28. The molecule has 0 aliphatic heterocycles. The summed E-state index contributed by atoms with van der Waals surface area (Å²) < 4.78 is 1.89. The maximum atomic E-state index is 11.9. The Bertz CT molecular complexity index is 909. The smallest absolute Gasteiger partial charge is 0.330 e. The van der Waals surface area contributed by atoms with Crippen molar-refractivity contribution in [3.8, 4) is 0 Å². The number of aromatic nitrogens is 2. The minimum Gasteiger partial charge on any atom is -0.330 e. The zero-order chi connectivity index (χ0) is 17.6. The summed E-state index contributed by atoms with van der Waals surface area (Å²) in [4.78, 5) is 27.9. The van der Waals surface area contributed by atoms with E-state index in [-0.39, 0.29) is 12.3 Å². The third-order valence-corrected chi connectivity index (χ3v) is 3.87. The van der Waals surface area contributed by atoms with E-state index >= 15 is 0 Å². The lowest BCUT2D eigenvalue weighted by Crippen LogP contribution is -2.44. The third-order valence-electron chi connectivity index (χ3n) is 3.54. The van der Waals surface area contributed by atoms with Gasteiger partial charge in [0.05, 0.1) is 28.1 Å². The number of para-hydroxylation sites is 3. The van der Waals surface area contributed by atoms with Crippen molar-refractivity contribution in [3.63, 3.8) is 0 Å². The van der Waals surface area contributed by atoms with Crippen LogP contribution in [0.1, 0.15) is 6.42 Å². The minimum atomic E-state index is -0.575. The number of hydrogen-bond acceptors (Lipinski definition) is 3. The van der Waals surface area contributed by atoms with Crippen LogP contribution in [-0.4, -0.2) is 21.5 Å². The molecule has 3 rings (SSSR count). The van der Waals surface area contributed by atoms with E-state index in [9.17, 15) is 9.59 Å². The Hall–Kier alpha value is -3.06. The number of benzene rings is 2. The number of imidazole rings is 1. The van der Waals surface area contributed by atoms with Crippen LogP contribution in [0.4, 0.5) is 10.5 Å². The summed E-state index contributed by atoms with van der Waals surface area (Å²) in [6.07, 6.45) is 1.89. The molecular weight excluding hydrogens is 342 g/mol. The average Bonchev–Trinajstić information content (AvgIpc) is 3.03. The second-order valence-corrected chi connectivity index (χ2v) is 5.69. The second kappa shape index (κ2) is 7.67. The van der Waals surface area contributed by atoms with Gasteiger partial charge in [-0.2, -0.15) is 0 Å². The number of fused-ring (bicyclic) bond motifs is 1. The Labute approximate surface area is 149 Å². The molecule has 0 saturated heterocycles. The highest BCUT2D eigenvalue weighted by molar-refractivity contribution is 6.33. The molecule has 0 atom stereocenters. The van der Waals surface area contributed by atoms with Crippen LogP contribution >= 0.6 is 11.6 Å². The number of carbonyl (C=O) groups excluding carboxylic acids is 2. The number of amides is 3. The lowest BCUT2D eigenvalue weighted by atomic mass is 10.3. The number of carbonyl (C=O) groups is 2. The van der Waals surface area contributed by atoms with Crippen molar-refractivity contribution >= 4 is 40.3 Å². The van der Waals surface area contributed by atoms with Gasteiger partial charge in [0.25, 0.3) is 0 Å². The molecule has 0 radical (unpaired) electrons. The molecule has 3 aromatic rings. The molecule has 0 fully saturated rings. The predicted octanol–water partition coefficient (Wildman–Crippen LogP) is 2.93. The van der Waals surface area contributed by atoms with Gasteiger partial charge in [0.2, 0.25) is 5.91 Å². The fourth-order valence-electron chi connectivity index (χ4n) is 2.32. The van der Waals surface area contributed by atoms with Crippen molar-refractivity contribution in [2.75, 3.05) is 5.32 Å². The fourth-order valence-corrected chi connectivity index (χ4v) is 2.50. The molecule has 0 bridgehead atoms. The van der Waals surface area contributed by atoms with Gasteiger partial charge in [-0.25, -0.2) is 15.2 Å². The first-order chi connectivity index (χ1) is 12.1. The van der Waals surface area contributed by atoms with Gasteiger partial charge in [0.1, 0.15) is 0 Å². The number of aryl methyl sites for hydroxylation is 1. The molecule has 1 aromatic heterocycles. The van der Waals surface area contributed by atoms with Crippen LogP contribution in [-0.2, 0) is 11.3 Å². The van der Waals surface area contributed by atoms with Gasteiger partial charge in [-0.05, 0) is 24.3 Å².